The Hall–Kier alpha value is -4.71. The number of rotatable bonds is 1. The molecule has 2 aliphatic heterocycles. The van der Waals surface area contributed by atoms with E-state index < -0.39 is 0 Å². The Morgan fingerprint density at radius 1 is 0.727 bits per heavy atom. The van der Waals surface area contributed by atoms with E-state index in [-0.39, 0.29) is 17.1 Å². The van der Waals surface area contributed by atoms with Crippen molar-refractivity contribution in [3.63, 3.8) is 0 Å². The lowest BCUT2D eigenvalue weighted by atomic mass is 10.0. The van der Waals surface area contributed by atoms with Crippen molar-refractivity contribution in [2.75, 3.05) is 4.90 Å². The number of ketones is 2. The molecule has 4 aromatic rings. The number of nitrogens with zero attached hydrogens (tertiary/aromatic N) is 2. The molecule has 0 spiro atoms. The van der Waals surface area contributed by atoms with Gasteiger partial charge in [-0.15, -0.1) is 0 Å². The van der Waals surface area contributed by atoms with E-state index in [4.69, 9.17) is 9.47 Å². The lowest BCUT2D eigenvalue weighted by molar-refractivity contribution is 0.0990. The standard InChI is InChI=1S/C27H14N2O4/c30-26-16-9-10-28-14-18(16)27(31)17(26)11-15-12-23-25-24(13-15)33-22-8-4-2-6-20(22)29(25)19-5-1-3-7-21(19)32-23/h1-14H/b17-11+. The highest BCUT2D eigenvalue weighted by atomic mass is 16.5. The monoisotopic (exact) mass is 430 g/mol. The first-order valence-corrected chi connectivity index (χ1v) is 10.5. The molecule has 0 fully saturated rings. The topological polar surface area (TPSA) is 68.7 Å². The second-order valence-electron chi connectivity index (χ2n) is 7.98. The van der Waals surface area contributed by atoms with E-state index in [0.717, 1.165) is 17.1 Å². The SMILES string of the molecule is O=C1/C(=C\c2cc3c4c(c2)Oc2ccccc2N4c2ccccc2O3)C(=O)c2cnccc21. The van der Waals surface area contributed by atoms with Crippen LogP contribution in [0.2, 0.25) is 0 Å². The number of fused-ring (bicyclic) bond motifs is 5. The summed E-state index contributed by atoms with van der Waals surface area (Å²) >= 11 is 0. The van der Waals surface area contributed by atoms with Crippen molar-refractivity contribution in [1.82, 2.24) is 4.98 Å². The highest BCUT2D eigenvalue weighted by molar-refractivity contribution is 6.41. The maximum atomic E-state index is 12.9. The zero-order valence-corrected chi connectivity index (χ0v) is 17.1. The molecule has 7 rings (SSSR count). The van der Waals surface area contributed by atoms with E-state index in [0.29, 0.717) is 39.7 Å². The smallest absolute Gasteiger partial charge is 0.199 e. The fraction of sp³-hybridized carbons (Fsp3) is 0. The summed E-state index contributed by atoms with van der Waals surface area (Å²) in [5, 5.41) is 0. The predicted octanol–water partition coefficient (Wildman–Crippen LogP) is 6.23. The first kappa shape index (κ1) is 17.9. The highest BCUT2D eigenvalue weighted by Crippen LogP contribution is 2.59. The molecule has 0 amide bonds. The minimum absolute atomic E-state index is 0.106. The molecule has 0 atom stereocenters. The van der Waals surface area contributed by atoms with Gasteiger partial charge in [0.1, 0.15) is 5.69 Å². The molecule has 0 N–H and O–H groups in total. The summed E-state index contributed by atoms with van der Waals surface area (Å²) in [5.74, 6) is 1.97. The van der Waals surface area contributed by atoms with Gasteiger partial charge in [-0.3, -0.25) is 19.5 Å². The number of carbonyl (C=O) groups excluding carboxylic acids is 2. The summed E-state index contributed by atoms with van der Waals surface area (Å²) in [6.45, 7) is 0. The van der Waals surface area contributed by atoms with Crippen LogP contribution in [-0.4, -0.2) is 16.6 Å². The third-order valence-corrected chi connectivity index (χ3v) is 6.05. The van der Waals surface area contributed by atoms with Crippen LogP contribution in [0.15, 0.2) is 84.7 Å². The Labute approximate surface area is 188 Å². The van der Waals surface area contributed by atoms with Crippen molar-refractivity contribution in [3.8, 4) is 23.0 Å². The zero-order chi connectivity index (χ0) is 22.1. The van der Waals surface area contributed by atoms with E-state index in [1.165, 1.54) is 12.4 Å². The number of aromatic nitrogens is 1. The quantitative estimate of drug-likeness (QED) is 0.228. The number of hydrogen-bond acceptors (Lipinski definition) is 6. The maximum absolute atomic E-state index is 12.9. The van der Waals surface area contributed by atoms with Crippen molar-refractivity contribution < 1.29 is 19.1 Å². The third-order valence-electron chi connectivity index (χ3n) is 6.05. The predicted molar refractivity (Wildman–Crippen MR) is 122 cm³/mol. The summed E-state index contributed by atoms with van der Waals surface area (Å²) < 4.78 is 12.5. The highest BCUT2D eigenvalue weighted by Gasteiger charge is 2.36. The first-order valence-electron chi connectivity index (χ1n) is 10.5. The second-order valence-corrected chi connectivity index (χ2v) is 7.98. The van der Waals surface area contributed by atoms with Gasteiger partial charge in [0.15, 0.2) is 34.6 Å². The average molecular weight is 430 g/mol. The van der Waals surface area contributed by atoms with Gasteiger partial charge in [-0.25, -0.2) is 0 Å². The fourth-order valence-electron chi connectivity index (χ4n) is 4.59. The van der Waals surface area contributed by atoms with Crippen molar-refractivity contribution in [2.45, 2.75) is 0 Å². The number of anilines is 3. The minimum atomic E-state index is -0.325. The first-order chi connectivity index (χ1) is 16.2. The molecular formula is C27H14N2O4. The van der Waals surface area contributed by atoms with Crippen LogP contribution in [0.1, 0.15) is 26.3 Å². The summed E-state index contributed by atoms with van der Waals surface area (Å²) in [4.78, 5) is 31.8. The molecule has 1 aliphatic carbocycles. The van der Waals surface area contributed by atoms with Gasteiger partial charge in [0.25, 0.3) is 0 Å². The van der Waals surface area contributed by atoms with Gasteiger partial charge in [-0.2, -0.15) is 0 Å². The molecule has 0 radical (unpaired) electrons. The van der Waals surface area contributed by atoms with Crippen LogP contribution in [0.25, 0.3) is 6.08 Å². The van der Waals surface area contributed by atoms with Gasteiger partial charge < -0.3 is 9.47 Å². The number of para-hydroxylation sites is 4. The summed E-state index contributed by atoms with van der Waals surface area (Å²) in [5.41, 5.74) is 4.06. The second kappa shape index (κ2) is 6.40. The number of ether oxygens (including phenoxy) is 2. The molecule has 3 aliphatic rings. The van der Waals surface area contributed by atoms with Crippen LogP contribution in [0, 0.1) is 0 Å². The number of benzene rings is 3. The van der Waals surface area contributed by atoms with E-state index in [1.54, 1.807) is 12.1 Å². The Kier molecular flexibility index (Phi) is 3.47. The third kappa shape index (κ3) is 2.46. The molecular weight excluding hydrogens is 416 g/mol. The summed E-state index contributed by atoms with van der Waals surface area (Å²) in [6, 6.07) is 20.8. The molecule has 156 valence electrons. The molecule has 0 saturated heterocycles. The van der Waals surface area contributed by atoms with E-state index >= 15 is 0 Å². The van der Waals surface area contributed by atoms with Gasteiger partial charge in [-0.1, -0.05) is 24.3 Å². The van der Waals surface area contributed by atoms with Crippen molar-refractivity contribution >= 4 is 34.7 Å². The van der Waals surface area contributed by atoms with E-state index in [2.05, 4.69) is 9.88 Å². The van der Waals surface area contributed by atoms with Crippen LogP contribution >= 0.6 is 0 Å². The molecule has 0 saturated carbocycles. The number of hydrogen-bond donors (Lipinski definition) is 0. The van der Waals surface area contributed by atoms with Gasteiger partial charge in [0.05, 0.1) is 22.5 Å². The number of allylic oxidation sites excluding steroid dienone is 1. The Bertz CT molecular complexity index is 1460. The molecule has 3 heterocycles. The van der Waals surface area contributed by atoms with E-state index in [1.807, 2.05) is 60.7 Å². The van der Waals surface area contributed by atoms with Crippen molar-refractivity contribution in [1.29, 1.82) is 0 Å². The van der Waals surface area contributed by atoms with Crippen molar-refractivity contribution in [2.24, 2.45) is 0 Å². The zero-order valence-electron chi connectivity index (χ0n) is 17.1. The lowest BCUT2D eigenvalue weighted by Crippen LogP contribution is -2.20. The Morgan fingerprint density at radius 2 is 1.33 bits per heavy atom. The van der Waals surface area contributed by atoms with Gasteiger partial charge in [0, 0.05) is 18.0 Å². The van der Waals surface area contributed by atoms with Gasteiger partial charge in [-0.05, 0) is 54.1 Å². The summed E-state index contributed by atoms with van der Waals surface area (Å²) in [6.07, 6.45) is 4.55. The number of pyridine rings is 1. The molecule has 3 aromatic carbocycles. The average Bonchev–Trinajstić information content (AvgIpc) is 3.08. The molecule has 1 aromatic heterocycles. The molecule has 0 unspecified atom stereocenters. The van der Waals surface area contributed by atoms with Crippen LogP contribution < -0.4 is 14.4 Å². The largest absolute Gasteiger partial charge is 0.453 e. The molecule has 6 heteroatoms. The van der Waals surface area contributed by atoms with Gasteiger partial charge in [0.2, 0.25) is 0 Å². The Morgan fingerprint density at radius 3 is 1.97 bits per heavy atom. The van der Waals surface area contributed by atoms with Gasteiger partial charge >= 0.3 is 0 Å². The van der Waals surface area contributed by atoms with Crippen LogP contribution in [0.3, 0.4) is 0 Å². The fourth-order valence-corrected chi connectivity index (χ4v) is 4.59. The van der Waals surface area contributed by atoms with Crippen LogP contribution in [0.4, 0.5) is 17.1 Å². The summed E-state index contributed by atoms with van der Waals surface area (Å²) in [7, 11) is 0. The molecule has 6 nitrogen and oxygen atoms in total. The lowest BCUT2D eigenvalue weighted by Gasteiger charge is -2.37. The number of carbonyl (C=O) groups is 2. The molecule has 33 heavy (non-hydrogen) atoms. The van der Waals surface area contributed by atoms with Crippen molar-refractivity contribution in [3.05, 3.63) is 101 Å². The Balaban J connectivity index is 1.41. The van der Waals surface area contributed by atoms with Crippen LogP contribution in [0.5, 0.6) is 23.0 Å². The maximum Gasteiger partial charge on any atom is 0.199 e. The van der Waals surface area contributed by atoms with E-state index in [9.17, 15) is 9.59 Å². The van der Waals surface area contributed by atoms with Crippen LogP contribution in [-0.2, 0) is 0 Å². The minimum Gasteiger partial charge on any atom is -0.453 e. The normalized spacial score (nSPS) is 15.9. The molecule has 0 bridgehead atoms. The number of Topliss-reactive ketones (excluding diaryl/α,β-unsaturated/α-hetero) is 2.